The Balaban J connectivity index is 1.80. The summed E-state index contributed by atoms with van der Waals surface area (Å²) in [6, 6.07) is 0. The minimum atomic E-state index is -4.13. The smallest absolute Gasteiger partial charge is 0.382 e. The first-order valence-corrected chi connectivity index (χ1v) is 10.4. The van der Waals surface area contributed by atoms with Gasteiger partial charge in [-0.25, -0.2) is 19.5 Å². The van der Waals surface area contributed by atoms with Crippen molar-refractivity contribution >= 4 is 36.6 Å². The highest BCUT2D eigenvalue weighted by molar-refractivity contribution is 7.99. The second-order valence-corrected chi connectivity index (χ2v) is 8.37. The maximum Gasteiger partial charge on any atom is 0.472 e. The monoisotopic (exact) mass is 403 g/mol. The van der Waals surface area contributed by atoms with Gasteiger partial charge in [0.2, 0.25) is 0 Å². The minimum absolute atomic E-state index is 0.0746. The van der Waals surface area contributed by atoms with Gasteiger partial charge in [0.25, 0.3) is 0 Å². The van der Waals surface area contributed by atoms with Crippen molar-refractivity contribution in [1.82, 2.24) is 19.5 Å². The molecule has 26 heavy (non-hydrogen) atoms. The van der Waals surface area contributed by atoms with Gasteiger partial charge in [-0.05, 0) is 5.75 Å². The van der Waals surface area contributed by atoms with Gasteiger partial charge in [-0.1, -0.05) is 18.7 Å². The molecule has 0 radical (unpaired) electrons. The van der Waals surface area contributed by atoms with Gasteiger partial charge in [0.05, 0.1) is 6.61 Å². The summed E-state index contributed by atoms with van der Waals surface area (Å²) in [5.74, 6) is 1.02. The molecule has 1 unspecified atom stereocenters. The predicted octanol–water partition coefficient (Wildman–Crippen LogP) is 0.949. The van der Waals surface area contributed by atoms with E-state index in [0.717, 1.165) is 5.75 Å². The van der Waals surface area contributed by atoms with Crippen LogP contribution in [-0.2, 0) is 23.1 Å². The normalized spacial score (nSPS) is 34.3. The average molecular weight is 403 g/mol. The Morgan fingerprint density at radius 2 is 2.35 bits per heavy atom. The molecule has 4 heterocycles. The van der Waals surface area contributed by atoms with Gasteiger partial charge < -0.3 is 20.1 Å². The third-order valence-electron chi connectivity index (χ3n) is 4.22. The molecular weight excluding hydrogens is 385 g/mol. The van der Waals surface area contributed by atoms with Crippen LogP contribution >= 0.6 is 19.6 Å². The third kappa shape index (κ3) is 2.91. The third-order valence-corrected chi connectivity index (χ3v) is 6.04. The Bertz CT molecular complexity index is 880. The van der Waals surface area contributed by atoms with Gasteiger partial charge in [0.15, 0.2) is 28.4 Å². The molecule has 0 spiro atoms. The SMILES string of the molecule is CCSc1nc2c(N)ncnc2n1[C@@H]1O[C@@H]2COP(=O)(O)O[C@H]2[C@H]1OC. The van der Waals surface area contributed by atoms with Crippen molar-refractivity contribution in [3.63, 3.8) is 0 Å². The van der Waals surface area contributed by atoms with Crippen LogP contribution in [0.15, 0.2) is 11.5 Å². The van der Waals surface area contributed by atoms with Crippen molar-refractivity contribution in [3.05, 3.63) is 6.33 Å². The lowest BCUT2D eigenvalue weighted by Crippen LogP contribution is -2.40. The standard InChI is InChI=1S/C13H18N5O6PS/c1-3-26-13-17-7-10(14)15-5-16-11(7)18(13)12-9(21-2)8-6(23-12)4-22-25(19,20)24-8/h5-6,8-9,12H,3-4H2,1-2H3,(H,19,20)(H2,14,15,16)/t6-,8-,9-,12-/m1/s1. The molecule has 2 aromatic rings. The van der Waals surface area contributed by atoms with E-state index in [9.17, 15) is 9.46 Å². The van der Waals surface area contributed by atoms with Crippen LogP contribution in [0.1, 0.15) is 13.2 Å². The quantitative estimate of drug-likeness (QED) is 0.556. The number of nitrogen functional groups attached to an aromatic ring is 1. The lowest BCUT2D eigenvalue weighted by atomic mass is 10.1. The zero-order valence-corrected chi connectivity index (χ0v) is 15.7. The summed E-state index contributed by atoms with van der Waals surface area (Å²) in [4.78, 5) is 22.4. The molecule has 0 aromatic carbocycles. The zero-order chi connectivity index (χ0) is 18.5. The number of nitrogens with two attached hydrogens (primary N) is 1. The van der Waals surface area contributed by atoms with Crippen LogP contribution in [0.2, 0.25) is 0 Å². The molecule has 2 saturated heterocycles. The summed E-state index contributed by atoms with van der Waals surface area (Å²) in [6.45, 7) is 1.92. The predicted molar refractivity (Wildman–Crippen MR) is 91.5 cm³/mol. The van der Waals surface area contributed by atoms with E-state index in [2.05, 4.69) is 15.0 Å². The summed E-state index contributed by atoms with van der Waals surface area (Å²) < 4.78 is 35.2. The van der Waals surface area contributed by atoms with E-state index in [1.165, 1.54) is 25.2 Å². The second kappa shape index (κ2) is 6.71. The highest BCUT2D eigenvalue weighted by atomic mass is 32.2. The topological polar surface area (TPSA) is 144 Å². The van der Waals surface area contributed by atoms with Gasteiger partial charge in [-0.2, -0.15) is 0 Å². The Labute approximate surface area is 152 Å². The van der Waals surface area contributed by atoms with E-state index >= 15 is 0 Å². The Morgan fingerprint density at radius 1 is 1.54 bits per heavy atom. The summed E-state index contributed by atoms with van der Waals surface area (Å²) in [6.07, 6.45) is -1.30. The Morgan fingerprint density at radius 3 is 3.08 bits per heavy atom. The number of aromatic nitrogens is 4. The van der Waals surface area contributed by atoms with Gasteiger partial charge in [-0.3, -0.25) is 13.6 Å². The molecule has 142 valence electrons. The summed E-state index contributed by atoms with van der Waals surface area (Å²) in [5, 5.41) is 0.633. The largest absolute Gasteiger partial charge is 0.472 e. The fraction of sp³-hybridized carbons (Fsp3) is 0.615. The molecule has 13 heteroatoms. The number of rotatable bonds is 4. The van der Waals surface area contributed by atoms with Crippen molar-refractivity contribution in [3.8, 4) is 0 Å². The highest BCUT2D eigenvalue weighted by Crippen LogP contribution is 2.53. The molecule has 0 saturated carbocycles. The van der Waals surface area contributed by atoms with Crippen LogP contribution in [0.3, 0.4) is 0 Å². The molecule has 2 fully saturated rings. The molecular formula is C13H18N5O6PS. The van der Waals surface area contributed by atoms with Crippen LogP contribution in [0.4, 0.5) is 5.82 Å². The number of phosphoric ester groups is 1. The molecule has 4 rings (SSSR count). The zero-order valence-electron chi connectivity index (χ0n) is 14.0. The first kappa shape index (κ1) is 18.1. The van der Waals surface area contributed by atoms with Gasteiger partial charge >= 0.3 is 7.82 Å². The van der Waals surface area contributed by atoms with Crippen molar-refractivity contribution in [2.75, 3.05) is 25.2 Å². The first-order valence-electron chi connectivity index (χ1n) is 7.90. The minimum Gasteiger partial charge on any atom is -0.382 e. The average Bonchev–Trinajstić information content (AvgIpc) is 3.12. The van der Waals surface area contributed by atoms with E-state index in [1.54, 1.807) is 4.57 Å². The van der Waals surface area contributed by atoms with Crippen LogP contribution < -0.4 is 5.73 Å². The molecule has 5 atom stereocenters. The van der Waals surface area contributed by atoms with Crippen LogP contribution in [0.5, 0.6) is 0 Å². The molecule has 11 nitrogen and oxygen atoms in total. The van der Waals surface area contributed by atoms with Crippen LogP contribution in [0.25, 0.3) is 11.2 Å². The maximum absolute atomic E-state index is 11.8. The molecule has 0 aliphatic carbocycles. The van der Waals surface area contributed by atoms with E-state index in [0.29, 0.717) is 16.3 Å². The fourth-order valence-corrected chi connectivity index (χ4v) is 4.85. The van der Waals surface area contributed by atoms with Crippen molar-refractivity contribution < 1.29 is 28.0 Å². The number of fused-ring (bicyclic) bond motifs is 2. The molecule has 2 aliphatic rings. The van der Waals surface area contributed by atoms with Gasteiger partial charge in [0.1, 0.15) is 24.6 Å². The molecule has 2 aromatic heterocycles. The number of ether oxygens (including phenoxy) is 2. The number of methoxy groups -OCH3 is 1. The molecule has 3 N–H and O–H groups in total. The second-order valence-electron chi connectivity index (χ2n) is 5.73. The Hall–Kier alpha value is -1.27. The Kier molecular flexibility index (Phi) is 4.68. The van der Waals surface area contributed by atoms with E-state index in [1.807, 2.05) is 6.92 Å². The van der Waals surface area contributed by atoms with Crippen LogP contribution in [0, 0.1) is 0 Å². The number of hydrogen-bond acceptors (Lipinski definition) is 10. The molecule has 2 aliphatic heterocycles. The summed E-state index contributed by atoms with van der Waals surface area (Å²) in [5.41, 5.74) is 6.88. The number of phosphoric acid groups is 1. The van der Waals surface area contributed by atoms with E-state index in [-0.39, 0.29) is 12.4 Å². The lowest BCUT2D eigenvalue weighted by molar-refractivity contribution is -0.0690. The van der Waals surface area contributed by atoms with Gasteiger partial charge in [0, 0.05) is 7.11 Å². The van der Waals surface area contributed by atoms with Crippen molar-refractivity contribution in [2.24, 2.45) is 0 Å². The van der Waals surface area contributed by atoms with E-state index in [4.69, 9.17) is 24.3 Å². The number of thioether (sulfide) groups is 1. The number of imidazole rings is 1. The fourth-order valence-electron chi connectivity index (χ4n) is 3.15. The highest BCUT2D eigenvalue weighted by Gasteiger charge is 2.54. The van der Waals surface area contributed by atoms with Crippen molar-refractivity contribution in [2.45, 2.75) is 36.6 Å². The number of anilines is 1. The van der Waals surface area contributed by atoms with E-state index < -0.39 is 32.4 Å². The summed E-state index contributed by atoms with van der Waals surface area (Å²) in [7, 11) is -2.64. The maximum atomic E-state index is 11.8. The lowest BCUT2D eigenvalue weighted by Gasteiger charge is -2.29. The number of nitrogens with zero attached hydrogens (tertiary/aromatic N) is 4. The first-order chi connectivity index (χ1) is 12.4. The summed E-state index contributed by atoms with van der Waals surface area (Å²) >= 11 is 1.49. The molecule has 0 bridgehead atoms. The van der Waals surface area contributed by atoms with Crippen molar-refractivity contribution in [1.29, 1.82) is 0 Å². The molecule has 0 amide bonds. The van der Waals surface area contributed by atoms with Crippen LogP contribution in [-0.4, -0.2) is 62.2 Å². The number of hydrogen-bond donors (Lipinski definition) is 2. The van der Waals surface area contributed by atoms with Gasteiger partial charge in [-0.15, -0.1) is 0 Å².